The summed E-state index contributed by atoms with van der Waals surface area (Å²) in [6.07, 6.45) is 1.57. The van der Waals surface area contributed by atoms with Crippen LogP contribution in [0, 0.1) is 25.2 Å². The van der Waals surface area contributed by atoms with E-state index in [4.69, 9.17) is 14.2 Å². The van der Waals surface area contributed by atoms with E-state index in [0.29, 0.717) is 18.9 Å². The summed E-state index contributed by atoms with van der Waals surface area (Å²) in [6, 6.07) is 11.1. The lowest BCUT2D eigenvalue weighted by Gasteiger charge is -2.09. The van der Waals surface area contributed by atoms with Crippen molar-refractivity contribution < 1.29 is 19.0 Å². The third kappa shape index (κ3) is 4.99. The summed E-state index contributed by atoms with van der Waals surface area (Å²) in [5.41, 5.74) is 3.51. The number of carbonyl (C=O) groups excluding carboxylic acids is 1. The van der Waals surface area contributed by atoms with E-state index in [1.807, 2.05) is 44.2 Å². The SMILES string of the molecule is COCCn1c(C)cc(/C=C(\C#N)C(=O)OCc2ccccc2OC)c1C. The third-order valence-electron chi connectivity index (χ3n) is 4.32. The van der Waals surface area contributed by atoms with Crippen LogP contribution < -0.4 is 4.74 Å². The molecule has 0 bridgehead atoms. The van der Waals surface area contributed by atoms with Gasteiger partial charge in [0.2, 0.25) is 0 Å². The summed E-state index contributed by atoms with van der Waals surface area (Å²) in [6.45, 7) is 5.26. The number of methoxy groups -OCH3 is 2. The average molecular weight is 368 g/mol. The van der Waals surface area contributed by atoms with Gasteiger partial charge in [-0.2, -0.15) is 5.26 Å². The maximum Gasteiger partial charge on any atom is 0.349 e. The fraction of sp³-hybridized carbons (Fsp3) is 0.333. The molecule has 0 aliphatic rings. The number of rotatable bonds is 8. The van der Waals surface area contributed by atoms with Crippen LogP contribution in [0.5, 0.6) is 5.75 Å². The molecule has 142 valence electrons. The van der Waals surface area contributed by atoms with Gasteiger partial charge in [-0.1, -0.05) is 18.2 Å². The zero-order valence-corrected chi connectivity index (χ0v) is 16.1. The van der Waals surface area contributed by atoms with E-state index in [1.165, 1.54) is 0 Å². The fourth-order valence-electron chi connectivity index (χ4n) is 2.84. The Labute approximate surface area is 159 Å². The van der Waals surface area contributed by atoms with Crippen LogP contribution in [0.15, 0.2) is 35.9 Å². The quantitative estimate of drug-likeness (QED) is 0.406. The minimum absolute atomic E-state index is 0.0364. The van der Waals surface area contributed by atoms with Gasteiger partial charge in [0.25, 0.3) is 0 Å². The predicted molar refractivity (Wildman–Crippen MR) is 102 cm³/mol. The first-order chi connectivity index (χ1) is 13.0. The molecule has 0 spiro atoms. The highest BCUT2D eigenvalue weighted by Gasteiger charge is 2.15. The molecule has 1 heterocycles. The number of ether oxygens (including phenoxy) is 3. The Morgan fingerprint density at radius 2 is 2.00 bits per heavy atom. The number of para-hydroxylation sites is 1. The molecule has 1 aromatic heterocycles. The molecule has 2 rings (SSSR count). The first-order valence-corrected chi connectivity index (χ1v) is 8.58. The summed E-state index contributed by atoms with van der Waals surface area (Å²) in [5.74, 6) is -0.0282. The smallest absolute Gasteiger partial charge is 0.349 e. The molecule has 0 amide bonds. The van der Waals surface area contributed by atoms with Gasteiger partial charge >= 0.3 is 5.97 Å². The highest BCUT2D eigenvalue weighted by atomic mass is 16.5. The molecular weight excluding hydrogens is 344 g/mol. The molecule has 2 aromatic rings. The standard InChI is InChI=1S/C21H24N2O4/c1-15-11-18(16(2)23(15)9-10-25-3)12-19(13-22)21(24)27-14-17-7-5-6-8-20(17)26-4/h5-8,11-12H,9-10,14H2,1-4H3/b19-12+. The van der Waals surface area contributed by atoms with E-state index in [2.05, 4.69) is 4.57 Å². The molecule has 0 saturated carbocycles. The van der Waals surface area contributed by atoms with Crippen LogP contribution >= 0.6 is 0 Å². The molecule has 0 aliphatic heterocycles. The summed E-state index contributed by atoms with van der Waals surface area (Å²) >= 11 is 0. The Balaban J connectivity index is 2.16. The first kappa shape index (κ1) is 20.3. The lowest BCUT2D eigenvalue weighted by Crippen LogP contribution is -2.08. The van der Waals surface area contributed by atoms with Crippen molar-refractivity contribution >= 4 is 12.0 Å². The second-order valence-corrected chi connectivity index (χ2v) is 6.03. The first-order valence-electron chi connectivity index (χ1n) is 8.58. The van der Waals surface area contributed by atoms with Gasteiger partial charge in [-0.15, -0.1) is 0 Å². The Bertz CT molecular complexity index is 875. The van der Waals surface area contributed by atoms with Gasteiger partial charge in [-0.05, 0) is 37.6 Å². The van der Waals surface area contributed by atoms with Crippen LogP contribution in [0.4, 0.5) is 0 Å². The van der Waals surface area contributed by atoms with Crippen molar-refractivity contribution in [2.24, 2.45) is 0 Å². The maximum absolute atomic E-state index is 12.3. The largest absolute Gasteiger partial charge is 0.496 e. The number of esters is 1. The second kappa shape index (κ2) is 9.60. The zero-order chi connectivity index (χ0) is 19.8. The summed E-state index contributed by atoms with van der Waals surface area (Å²) < 4.78 is 17.8. The molecule has 0 radical (unpaired) electrons. The van der Waals surface area contributed by atoms with Crippen LogP contribution in [0.1, 0.15) is 22.5 Å². The van der Waals surface area contributed by atoms with Crippen LogP contribution in [-0.4, -0.2) is 31.4 Å². The summed E-state index contributed by atoms with van der Waals surface area (Å²) in [7, 11) is 3.21. The van der Waals surface area contributed by atoms with Crippen molar-refractivity contribution in [1.29, 1.82) is 5.26 Å². The number of benzene rings is 1. The summed E-state index contributed by atoms with van der Waals surface area (Å²) in [4.78, 5) is 12.3. The minimum atomic E-state index is -0.662. The molecule has 6 nitrogen and oxygen atoms in total. The van der Waals surface area contributed by atoms with Crippen molar-refractivity contribution in [3.8, 4) is 11.8 Å². The van der Waals surface area contributed by atoms with Crippen LogP contribution in [0.2, 0.25) is 0 Å². The van der Waals surface area contributed by atoms with Crippen molar-refractivity contribution in [2.45, 2.75) is 27.0 Å². The number of hydrogen-bond donors (Lipinski definition) is 0. The zero-order valence-electron chi connectivity index (χ0n) is 16.1. The topological polar surface area (TPSA) is 73.5 Å². The molecule has 0 saturated heterocycles. The van der Waals surface area contributed by atoms with Gasteiger partial charge < -0.3 is 18.8 Å². The maximum atomic E-state index is 12.3. The monoisotopic (exact) mass is 368 g/mol. The fourth-order valence-corrected chi connectivity index (χ4v) is 2.84. The molecule has 0 atom stereocenters. The predicted octanol–water partition coefficient (Wildman–Crippen LogP) is 3.41. The van der Waals surface area contributed by atoms with Crippen molar-refractivity contribution in [3.05, 3.63) is 58.4 Å². The molecule has 0 aliphatic carbocycles. The number of nitrogens with zero attached hydrogens (tertiary/aromatic N) is 2. The molecule has 27 heavy (non-hydrogen) atoms. The Morgan fingerprint density at radius 3 is 2.67 bits per heavy atom. The van der Waals surface area contributed by atoms with Gasteiger partial charge in [0.05, 0.1) is 13.7 Å². The van der Waals surface area contributed by atoms with E-state index in [0.717, 1.165) is 22.5 Å². The third-order valence-corrected chi connectivity index (χ3v) is 4.32. The second-order valence-electron chi connectivity index (χ2n) is 6.03. The van der Waals surface area contributed by atoms with Gasteiger partial charge in [-0.25, -0.2) is 4.79 Å². The highest BCUT2D eigenvalue weighted by molar-refractivity contribution is 5.98. The number of nitriles is 1. The van der Waals surface area contributed by atoms with Gasteiger partial charge in [0.1, 0.15) is 24.0 Å². The molecule has 6 heteroatoms. The van der Waals surface area contributed by atoms with E-state index in [-0.39, 0.29) is 12.2 Å². The van der Waals surface area contributed by atoms with E-state index in [9.17, 15) is 10.1 Å². The number of aromatic nitrogens is 1. The molecule has 0 unspecified atom stereocenters. The van der Waals surface area contributed by atoms with E-state index < -0.39 is 5.97 Å². The van der Waals surface area contributed by atoms with E-state index >= 15 is 0 Å². The Hall–Kier alpha value is -3.04. The van der Waals surface area contributed by atoms with Crippen molar-refractivity contribution in [2.75, 3.05) is 20.8 Å². The molecular formula is C21H24N2O4. The van der Waals surface area contributed by atoms with Gasteiger partial charge in [-0.3, -0.25) is 0 Å². The highest BCUT2D eigenvalue weighted by Crippen LogP contribution is 2.21. The average Bonchev–Trinajstić information content (AvgIpc) is 2.95. The number of carbonyl (C=O) groups is 1. The Kier molecular flexibility index (Phi) is 7.21. The van der Waals surface area contributed by atoms with Crippen LogP contribution in [0.25, 0.3) is 6.08 Å². The normalized spacial score (nSPS) is 11.1. The molecule has 0 N–H and O–H groups in total. The summed E-state index contributed by atoms with van der Waals surface area (Å²) in [5, 5.41) is 9.39. The van der Waals surface area contributed by atoms with Crippen LogP contribution in [-0.2, 0) is 27.4 Å². The lowest BCUT2D eigenvalue weighted by atomic mass is 10.1. The number of hydrogen-bond acceptors (Lipinski definition) is 5. The molecule has 1 aromatic carbocycles. The van der Waals surface area contributed by atoms with Gasteiger partial charge in [0.15, 0.2) is 0 Å². The van der Waals surface area contributed by atoms with Crippen LogP contribution in [0.3, 0.4) is 0 Å². The number of aryl methyl sites for hydroxylation is 1. The Morgan fingerprint density at radius 1 is 1.26 bits per heavy atom. The van der Waals surface area contributed by atoms with E-state index in [1.54, 1.807) is 26.4 Å². The lowest BCUT2D eigenvalue weighted by molar-refractivity contribution is -0.139. The van der Waals surface area contributed by atoms with Crippen molar-refractivity contribution in [1.82, 2.24) is 4.57 Å². The molecule has 0 fully saturated rings. The van der Waals surface area contributed by atoms with Gasteiger partial charge in [0, 0.05) is 30.6 Å². The van der Waals surface area contributed by atoms with Crippen molar-refractivity contribution in [3.63, 3.8) is 0 Å². The minimum Gasteiger partial charge on any atom is -0.496 e.